The Labute approximate surface area is 238 Å². The fraction of sp³-hybridized carbons (Fsp3) is 0.167. The van der Waals surface area contributed by atoms with E-state index in [4.69, 9.17) is 13.6 Å². The Morgan fingerprint density at radius 1 is 0.475 bits per heavy atom. The van der Waals surface area contributed by atoms with Crippen molar-refractivity contribution in [1.29, 1.82) is 0 Å². The maximum Gasteiger partial charge on any atom is 0.399 e. The minimum atomic E-state index is -1.83. The highest BCUT2D eigenvalue weighted by molar-refractivity contribution is 7.42. The summed E-state index contributed by atoms with van der Waals surface area (Å²) >= 11 is 0. The fourth-order valence-corrected chi connectivity index (χ4v) is 7.09. The molecule has 5 aromatic carbocycles. The highest BCUT2D eigenvalue weighted by atomic mass is 31.2. The van der Waals surface area contributed by atoms with E-state index in [9.17, 15) is 0 Å². The number of rotatable bonds is 6. The smallest absolute Gasteiger partial charge is 0.399 e. The zero-order chi connectivity index (χ0) is 27.6. The fourth-order valence-electron chi connectivity index (χ4n) is 5.56. The molecular formula is C36H33O3P. The quantitative estimate of drug-likeness (QED) is 0.199. The Hall–Kier alpha value is -3.75. The van der Waals surface area contributed by atoms with E-state index in [2.05, 4.69) is 130 Å². The van der Waals surface area contributed by atoms with Crippen molar-refractivity contribution in [3.63, 3.8) is 0 Å². The van der Waals surface area contributed by atoms with Crippen LogP contribution in [-0.2, 0) is 25.7 Å². The Bertz CT molecular complexity index is 1360. The average molecular weight is 545 g/mol. The molecule has 0 aromatic heterocycles. The summed E-state index contributed by atoms with van der Waals surface area (Å²) in [5.74, 6) is 0.714. The van der Waals surface area contributed by atoms with Gasteiger partial charge in [0.15, 0.2) is 11.2 Å². The first-order valence-corrected chi connectivity index (χ1v) is 14.7. The molecule has 1 heterocycles. The first-order valence-electron chi connectivity index (χ1n) is 13.6. The van der Waals surface area contributed by atoms with Gasteiger partial charge >= 0.3 is 8.60 Å². The Morgan fingerprint density at radius 2 is 0.800 bits per heavy atom. The van der Waals surface area contributed by atoms with Crippen molar-refractivity contribution >= 4 is 8.60 Å². The van der Waals surface area contributed by atoms with E-state index in [1.165, 1.54) is 5.56 Å². The number of benzene rings is 5. The van der Waals surface area contributed by atoms with Gasteiger partial charge in [0.05, 0.1) is 0 Å². The van der Waals surface area contributed by atoms with Gasteiger partial charge in [-0.3, -0.25) is 9.05 Å². The summed E-state index contributed by atoms with van der Waals surface area (Å²) in [5.41, 5.74) is 3.19. The molecule has 0 spiro atoms. The van der Waals surface area contributed by atoms with Gasteiger partial charge < -0.3 is 4.52 Å². The van der Waals surface area contributed by atoms with Crippen molar-refractivity contribution in [3.8, 4) is 5.75 Å². The highest BCUT2D eigenvalue weighted by Crippen LogP contribution is 2.70. The molecule has 4 heteroatoms. The van der Waals surface area contributed by atoms with Gasteiger partial charge in [0, 0.05) is 0 Å². The van der Waals surface area contributed by atoms with Gasteiger partial charge in [-0.2, -0.15) is 0 Å². The summed E-state index contributed by atoms with van der Waals surface area (Å²) in [7, 11) is -1.83. The van der Waals surface area contributed by atoms with Gasteiger partial charge in [-0.15, -0.1) is 0 Å². The van der Waals surface area contributed by atoms with E-state index >= 15 is 0 Å². The maximum absolute atomic E-state index is 7.17. The minimum absolute atomic E-state index is 0.0514. The Balaban J connectivity index is 1.58. The van der Waals surface area contributed by atoms with Crippen molar-refractivity contribution in [3.05, 3.63) is 173 Å². The lowest BCUT2D eigenvalue weighted by Crippen LogP contribution is -2.48. The average Bonchev–Trinajstić information content (AvgIpc) is 3.35. The third kappa shape index (κ3) is 4.55. The van der Waals surface area contributed by atoms with Crippen LogP contribution in [0.2, 0.25) is 0 Å². The monoisotopic (exact) mass is 544 g/mol. The zero-order valence-electron chi connectivity index (χ0n) is 23.0. The van der Waals surface area contributed by atoms with Gasteiger partial charge in [0.1, 0.15) is 5.75 Å². The molecule has 0 radical (unpaired) electrons. The van der Waals surface area contributed by atoms with Crippen LogP contribution >= 0.6 is 8.60 Å². The van der Waals surface area contributed by atoms with Crippen LogP contribution in [-0.4, -0.2) is 0 Å². The second kappa shape index (κ2) is 10.7. The minimum Gasteiger partial charge on any atom is -0.427 e. The zero-order valence-corrected chi connectivity index (χ0v) is 23.9. The number of hydrogen-bond acceptors (Lipinski definition) is 3. The Kier molecular flexibility index (Phi) is 7.06. The first kappa shape index (κ1) is 26.5. The molecule has 0 aliphatic carbocycles. The molecule has 0 amide bonds. The summed E-state index contributed by atoms with van der Waals surface area (Å²) in [4.78, 5) is 0. The van der Waals surface area contributed by atoms with Crippen LogP contribution in [0.25, 0.3) is 0 Å². The summed E-state index contributed by atoms with van der Waals surface area (Å²) in [6.07, 6.45) is 0. The maximum atomic E-state index is 7.17. The predicted octanol–water partition coefficient (Wildman–Crippen LogP) is 9.52. The summed E-state index contributed by atoms with van der Waals surface area (Å²) in [6, 6.07) is 49.7. The molecule has 3 nitrogen and oxygen atoms in total. The molecule has 40 heavy (non-hydrogen) atoms. The van der Waals surface area contributed by atoms with Crippen LogP contribution < -0.4 is 4.52 Å². The van der Waals surface area contributed by atoms with Crippen LogP contribution in [0.15, 0.2) is 146 Å². The summed E-state index contributed by atoms with van der Waals surface area (Å²) in [5, 5.41) is 0. The van der Waals surface area contributed by atoms with Crippen LogP contribution in [0.5, 0.6) is 5.75 Å². The third-order valence-corrected chi connectivity index (χ3v) is 8.75. The molecule has 1 aliphatic heterocycles. The lowest BCUT2D eigenvalue weighted by Gasteiger charge is -2.43. The standard InChI is InChI=1S/C36H33O3P/c1-34(2,3)28-24-26-33(27-25-28)37-40-38-35(29-16-8-4-9-17-29,30-18-10-5-11-19-30)36(39-40,31-20-12-6-13-21-31)32-22-14-7-15-23-32/h4-27H,1-3H3. The number of hydrogen-bond donors (Lipinski definition) is 0. The van der Waals surface area contributed by atoms with E-state index in [1.807, 2.05) is 36.4 Å². The van der Waals surface area contributed by atoms with Crippen molar-refractivity contribution in [2.24, 2.45) is 0 Å². The van der Waals surface area contributed by atoms with Crippen LogP contribution in [0.1, 0.15) is 48.6 Å². The molecule has 0 bridgehead atoms. The van der Waals surface area contributed by atoms with E-state index < -0.39 is 19.8 Å². The van der Waals surface area contributed by atoms with Crippen molar-refractivity contribution in [2.45, 2.75) is 37.4 Å². The van der Waals surface area contributed by atoms with Crippen molar-refractivity contribution in [1.82, 2.24) is 0 Å². The normalized spacial score (nSPS) is 16.5. The summed E-state index contributed by atoms with van der Waals surface area (Å²) < 4.78 is 20.9. The molecule has 6 rings (SSSR count). The van der Waals surface area contributed by atoms with E-state index in [0.717, 1.165) is 22.3 Å². The van der Waals surface area contributed by atoms with E-state index in [-0.39, 0.29) is 5.41 Å². The topological polar surface area (TPSA) is 27.7 Å². The largest absolute Gasteiger partial charge is 0.427 e. The second-order valence-electron chi connectivity index (χ2n) is 11.1. The van der Waals surface area contributed by atoms with Crippen LogP contribution in [0, 0.1) is 0 Å². The molecule has 1 saturated heterocycles. The van der Waals surface area contributed by atoms with Gasteiger partial charge in [0.2, 0.25) is 0 Å². The van der Waals surface area contributed by atoms with Gasteiger partial charge in [-0.05, 0) is 45.4 Å². The first-order chi connectivity index (χ1) is 19.4. The SMILES string of the molecule is CC(C)(C)c1ccc(OP2OC(c3ccccc3)(c3ccccc3)C(c3ccccc3)(c3ccccc3)O2)cc1. The molecule has 200 valence electrons. The van der Waals surface area contributed by atoms with Crippen molar-refractivity contribution < 1.29 is 13.6 Å². The molecule has 1 fully saturated rings. The molecule has 5 aromatic rings. The lowest BCUT2D eigenvalue weighted by atomic mass is 9.66. The Morgan fingerprint density at radius 3 is 1.10 bits per heavy atom. The molecule has 0 atom stereocenters. The molecule has 0 saturated carbocycles. The third-order valence-electron chi connectivity index (χ3n) is 7.54. The van der Waals surface area contributed by atoms with E-state index in [0.29, 0.717) is 5.75 Å². The summed E-state index contributed by atoms with van der Waals surface area (Å²) in [6.45, 7) is 6.62. The van der Waals surface area contributed by atoms with Crippen molar-refractivity contribution in [2.75, 3.05) is 0 Å². The van der Waals surface area contributed by atoms with Crippen LogP contribution in [0.3, 0.4) is 0 Å². The highest BCUT2D eigenvalue weighted by Gasteiger charge is 2.66. The van der Waals surface area contributed by atoms with E-state index in [1.54, 1.807) is 0 Å². The molecule has 0 unspecified atom stereocenters. The predicted molar refractivity (Wildman–Crippen MR) is 162 cm³/mol. The molecular weight excluding hydrogens is 511 g/mol. The van der Waals surface area contributed by atoms with Gasteiger partial charge in [-0.1, -0.05) is 154 Å². The van der Waals surface area contributed by atoms with Gasteiger partial charge in [-0.25, -0.2) is 0 Å². The van der Waals surface area contributed by atoms with Gasteiger partial charge in [0.25, 0.3) is 0 Å². The molecule has 1 aliphatic rings. The lowest BCUT2D eigenvalue weighted by molar-refractivity contribution is 0.00370. The van der Waals surface area contributed by atoms with Crippen LogP contribution in [0.4, 0.5) is 0 Å². The second-order valence-corrected chi connectivity index (χ2v) is 12.1. The molecule has 0 N–H and O–H groups in total.